The minimum Gasteiger partial charge on any atom is -0.314 e. The van der Waals surface area contributed by atoms with Crippen LogP contribution in [0, 0.1) is 5.92 Å². The maximum atomic E-state index is 13.3. The lowest BCUT2D eigenvalue weighted by molar-refractivity contribution is -0.138. The van der Waals surface area contributed by atoms with Gasteiger partial charge in [0.2, 0.25) is 0 Å². The van der Waals surface area contributed by atoms with Gasteiger partial charge in [0, 0.05) is 32.2 Å². The maximum absolute atomic E-state index is 13.3. The number of hydrogen-bond donors (Lipinski definition) is 1. The van der Waals surface area contributed by atoms with Gasteiger partial charge in [0.1, 0.15) is 0 Å². The Hall–Kier alpha value is -0.780. The van der Waals surface area contributed by atoms with Crippen LogP contribution >= 0.6 is 12.4 Å². The first-order valence-corrected chi connectivity index (χ1v) is 7.50. The molecule has 0 unspecified atom stereocenters. The second kappa shape index (κ2) is 8.18. The summed E-state index contributed by atoms with van der Waals surface area (Å²) in [6, 6.07) is 5.85. The monoisotopic (exact) mass is 336 g/mol. The molecule has 1 aliphatic heterocycles. The Balaban J connectivity index is 0.00000242. The summed E-state index contributed by atoms with van der Waals surface area (Å²) in [6.07, 6.45) is -3.55. The number of hydrogen-bond acceptors (Lipinski definition) is 2. The van der Waals surface area contributed by atoms with Crippen LogP contribution in [0.1, 0.15) is 37.4 Å². The zero-order chi connectivity index (χ0) is 15.5. The highest BCUT2D eigenvalue weighted by atomic mass is 35.5. The molecule has 1 aliphatic rings. The highest BCUT2D eigenvalue weighted by Gasteiger charge is 2.36. The van der Waals surface area contributed by atoms with Crippen LogP contribution in [0.15, 0.2) is 24.3 Å². The van der Waals surface area contributed by atoms with Crippen LogP contribution in [0.2, 0.25) is 0 Å². The molecular weight excluding hydrogens is 313 g/mol. The average Bonchev–Trinajstić information content (AvgIpc) is 2.44. The Morgan fingerprint density at radius 1 is 1.14 bits per heavy atom. The summed E-state index contributed by atoms with van der Waals surface area (Å²) in [7, 11) is 0. The van der Waals surface area contributed by atoms with E-state index in [1.165, 1.54) is 12.1 Å². The standard InChI is InChI=1S/C16H23F3N2.ClH/c1-12(2)11-15(21-9-7-20-8-10-21)13-5-3-4-6-14(13)16(17,18)19;/h3-6,12,15,20H,7-11H2,1-2H3;1H/t15-;/m1./s1. The fourth-order valence-electron chi connectivity index (χ4n) is 2.96. The minimum absolute atomic E-state index is 0. The van der Waals surface area contributed by atoms with Crippen molar-refractivity contribution < 1.29 is 13.2 Å². The third-order valence-corrected chi connectivity index (χ3v) is 3.91. The van der Waals surface area contributed by atoms with Gasteiger partial charge in [-0.15, -0.1) is 12.4 Å². The molecule has 22 heavy (non-hydrogen) atoms. The number of piperazine rings is 1. The van der Waals surface area contributed by atoms with Gasteiger partial charge in [0.05, 0.1) is 5.56 Å². The Morgan fingerprint density at radius 2 is 1.73 bits per heavy atom. The first kappa shape index (κ1) is 19.3. The third kappa shape index (κ3) is 4.86. The molecular formula is C16H24ClF3N2. The van der Waals surface area contributed by atoms with E-state index in [9.17, 15) is 13.2 Å². The number of benzene rings is 1. The average molecular weight is 337 g/mol. The smallest absolute Gasteiger partial charge is 0.314 e. The predicted molar refractivity (Wildman–Crippen MR) is 85.3 cm³/mol. The molecule has 0 aromatic heterocycles. The highest BCUT2D eigenvalue weighted by Crippen LogP contribution is 2.38. The molecule has 6 heteroatoms. The fraction of sp³-hybridized carbons (Fsp3) is 0.625. The topological polar surface area (TPSA) is 15.3 Å². The number of halogens is 4. The van der Waals surface area contributed by atoms with Crippen LogP contribution in [-0.2, 0) is 6.18 Å². The Labute approximate surface area is 136 Å². The molecule has 0 amide bonds. The van der Waals surface area contributed by atoms with E-state index in [1.54, 1.807) is 12.1 Å². The molecule has 1 aromatic rings. The fourth-order valence-corrected chi connectivity index (χ4v) is 2.96. The zero-order valence-corrected chi connectivity index (χ0v) is 13.8. The van der Waals surface area contributed by atoms with Crippen molar-refractivity contribution in [3.63, 3.8) is 0 Å². The van der Waals surface area contributed by atoms with Gasteiger partial charge in [-0.25, -0.2) is 0 Å². The number of nitrogens with one attached hydrogen (secondary N) is 1. The Bertz CT molecular complexity index is 457. The van der Waals surface area contributed by atoms with E-state index >= 15 is 0 Å². The van der Waals surface area contributed by atoms with E-state index in [0.717, 1.165) is 32.6 Å². The van der Waals surface area contributed by atoms with Crippen LogP contribution in [0.25, 0.3) is 0 Å². The van der Waals surface area contributed by atoms with Gasteiger partial charge in [0.15, 0.2) is 0 Å². The molecule has 1 aromatic carbocycles. The maximum Gasteiger partial charge on any atom is 0.416 e. The van der Waals surface area contributed by atoms with Crippen LogP contribution in [-0.4, -0.2) is 31.1 Å². The molecule has 1 N–H and O–H groups in total. The van der Waals surface area contributed by atoms with E-state index in [0.29, 0.717) is 11.5 Å². The predicted octanol–water partition coefficient (Wildman–Crippen LogP) is 4.12. The molecule has 126 valence electrons. The van der Waals surface area contributed by atoms with E-state index < -0.39 is 11.7 Å². The number of rotatable bonds is 4. The number of alkyl halides is 3. The van der Waals surface area contributed by atoms with E-state index in [-0.39, 0.29) is 18.4 Å². The molecule has 1 atom stereocenters. The van der Waals surface area contributed by atoms with Gasteiger partial charge in [-0.3, -0.25) is 4.90 Å². The highest BCUT2D eigenvalue weighted by molar-refractivity contribution is 5.85. The van der Waals surface area contributed by atoms with Crippen molar-refractivity contribution in [1.82, 2.24) is 10.2 Å². The molecule has 0 spiro atoms. The van der Waals surface area contributed by atoms with Gasteiger partial charge >= 0.3 is 6.18 Å². The summed E-state index contributed by atoms with van der Waals surface area (Å²) < 4.78 is 39.8. The lowest BCUT2D eigenvalue weighted by Gasteiger charge is -2.37. The molecule has 1 heterocycles. The Kier molecular flexibility index (Phi) is 7.16. The molecule has 1 saturated heterocycles. The SMILES string of the molecule is CC(C)C[C@H](c1ccccc1C(F)(F)F)N1CCNCC1.Cl. The quantitative estimate of drug-likeness (QED) is 0.889. The minimum atomic E-state index is -4.29. The first-order valence-electron chi connectivity index (χ1n) is 7.50. The van der Waals surface area contributed by atoms with Crippen molar-refractivity contribution in [2.75, 3.05) is 26.2 Å². The van der Waals surface area contributed by atoms with E-state index in [2.05, 4.69) is 24.1 Å². The molecule has 0 aliphatic carbocycles. The lowest BCUT2D eigenvalue weighted by atomic mass is 9.91. The van der Waals surface area contributed by atoms with Crippen molar-refractivity contribution in [2.45, 2.75) is 32.5 Å². The summed E-state index contributed by atoms with van der Waals surface area (Å²) in [6.45, 7) is 7.38. The summed E-state index contributed by atoms with van der Waals surface area (Å²) >= 11 is 0. The second-order valence-corrected chi connectivity index (χ2v) is 6.02. The van der Waals surface area contributed by atoms with Crippen molar-refractivity contribution in [2.24, 2.45) is 5.92 Å². The van der Waals surface area contributed by atoms with Crippen molar-refractivity contribution in [3.8, 4) is 0 Å². The van der Waals surface area contributed by atoms with Crippen LogP contribution < -0.4 is 5.32 Å². The third-order valence-electron chi connectivity index (χ3n) is 3.91. The first-order chi connectivity index (χ1) is 9.89. The largest absolute Gasteiger partial charge is 0.416 e. The normalized spacial score (nSPS) is 18.1. The molecule has 0 bridgehead atoms. The van der Waals surface area contributed by atoms with Crippen molar-refractivity contribution >= 4 is 12.4 Å². The van der Waals surface area contributed by atoms with Crippen LogP contribution in [0.5, 0.6) is 0 Å². The molecule has 1 fully saturated rings. The van der Waals surface area contributed by atoms with Crippen molar-refractivity contribution in [3.05, 3.63) is 35.4 Å². The van der Waals surface area contributed by atoms with Crippen LogP contribution in [0.4, 0.5) is 13.2 Å². The van der Waals surface area contributed by atoms with Crippen molar-refractivity contribution in [1.29, 1.82) is 0 Å². The molecule has 0 saturated carbocycles. The zero-order valence-electron chi connectivity index (χ0n) is 13.0. The Morgan fingerprint density at radius 3 is 2.27 bits per heavy atom. The lowest BCUT2D eigenvalue weighted by Crippen LogP contribution is -2.45. The van der Waals surface area contributed by atoms with Gasteiger partial charge in [-0.1, -0.05) is 32.0 Å². The van der Waals surface area contributed by atoms with Gasteiger partial charge in [-0.2, -0.15) is 13.2 Å². The second-order valence-electron chi connectivity index (χ2n) is 6.02. The molecule has 0 radical (unpaired) electrons. The van der Waals surface area contributed by atoms with E-state index in [1.807, 2.05) is 0 Å². The van der Waals surface area contributed by atoms with Gasteiger partial charge in [-0.05, 0) is 24.0 Å². The molecule has 2 rings (SSSR count). The summed E-state index contributed by atoms with van der Waals surface area (Å²) in [4.78, 5) is 2.18. The summed E-state index contributed by atoms with van der Waals surface area (Å²) in [5, 5.41) is 3.26. The van der Waals surface area contributed by atoms with Crippen LogP contribution in [0.3, 0.4) is 0 Å². The van der Waals surface area contributed by atoms with E-state index in [4.69, 9.17) is 0 Å². The summed E-state index contributed by atoms with van der Waals surface area (Å²) in [5.74, 6) is 0.353. The van der Waals surface area contributed by atoms with Gasteiger partial charge < -0.3 is 5.32 Å². The summed E-state index contributed by atoms with van der Waals surface area (Å²) in [5.41, 5.74) is -0.0743. The molecule has 2 nitrogen and oxygen atoms in total. The van der Waals surface area contributed by atoms with Gasteiger partial charge in [0.25, 0.3) is 0 Å². The number of nitrogens with zero attached hydrogens (tertiary/aromatic N) is 1.